The molecule has 1 N–H and O–H groups in total. The average molecular weight is 449 g/mol. The third-order valence-corrected chi connectivity index (χ3v) is 4.57. The van der Waals surface area contributed by atoms with Gasteiger partial charge in [0.1, 0.15) is 5.76 Å². The van der Waals surface area contributed by atoms with E-state index in [1.807, 2.05) is 0 Å². The maximum Gasteiger partial charge on any atom is 0.375 e. The number of hydrogen-bond donors (Lipinski definition) is 1. The minimum atomic E-state index is -1.14. The summed E-state index contributed by atoms with van der Waals surface area (Å²) in [6, 6.07) is 13.1. The third-order valence-electron chi connectivity index (χ3n) is 4.01. The van der Waals surface area contributed by atoms with Crippen molar-refractivity contribution >= 4 is 46.5 Å². The summed E-state index contributed by atoms with van der Waals surface area (Å²) in [4.78, 5) is 34.8. The van der Waals surface area contributed by atoms with E-state index in [9.17, 15) is 19.7 Å². The van der Waals surface area contributed by atoms with E-state index in [0.29, 0.717) is 16.3 Å². The van der Waals surface area contributed by atoms with Crippen LogP contribution >= 0.6 is 23.2 Å². The number of esters is 1. The molecule has 0 saturated heterocycles. The standard InChI is InChI=1S/C20H14Cl2N2O6/c1-11(19(25)23-16-10-13(21)4-7-15(16)22)29-20(26)18-9-8-17(30-18)12-2-5-14(6-3-12)24(27)28/h2-11H,1H3,(H,23,25). The molecule has 1 heterocycles. The molecule has 3 rings (SSSR count). The molecule has 0 aliphatic heterocycles. The number of carbonyl (C=O) groups excluding carboxylic acids is 2. The number of ether oxygens (including phenoxy) is 1. The number of hydrogen-bond acceptors (Lipinski definition) is 6. The lowest BCUT2D eigenvalue weighted by Gasteiger charge is -2.13. The van der Waals surface area contributed by atoms with Crippen LogP contribution in [0.1, 0.15) is 17.5 Å². The van der Waals surface area contributed by atoms with Gasteiger partial charge in [-0.2, -0.15) is 0 Å². The monoisotopic (exact) mass is 448 g/mol. The molecule has 1 aromatic heterocycles. The van der Waals surface area contributed by atoms with Crippen molar-refractivity contribution < 1.29 is 23.7 Å². The molecule has 10 heteroatoms. The zero-order valence-corrected chi connectivity index (χ0v) is 16.9. The number of anilines is 1. The van der Waals surface area contributed by atoms with Gasteiger partial charge in [0.25, 0.3) is 11.6 Å². The van der Waals surface area contributed by atoms with Crippen molar-refractivity contribution in [3.8, 4) is 11.3 Å². The minimum absolute atomic E-state index is 0.0652. The number of non-ortho nitro benzene ring substituents is 1. The Labute approximate surface area is 180 Å². The average Bonchev–Trinajstić information content (AvgIpc) is 3.21. The highest BCUT2D eigenvalue weighted by atomic mass is 35.5. The molecule has 0 radical (unpaired) electrons. The van der Waals surface area contributed by atoms with E-state index in [4.69, 9.17) is 32.4 Å². The molecule has 1 amide bonds. The summed E-state index contributed by atoms with van der Waals surface area (Å²) in [6.07, 6.45) is -1.14. The van der Waals surface area contributed by atoms with Crippen LogP contribution in [0.5, 0.6) is 0 Å². The Hall–Kier alpha value is -3.36. The molecule has 154 valence electrons. The van der Waals surface area contributed by atoms with Crippen molar-refractivity contribution in [3.05, 3.63) is 80.5 Å². The number of rotatable bonds is 6. The molecule has 1 atom stereocenters. The third kappa shape index (κ3) is 4.97. The predicted octanol–water partition coefficient (Wildman–Crippen LogP) is 5.35. The summed E-state index contributed by atoms with van der Waals surface area (Å²) in [6.45, 7) is 1.39. The molecule has 0 bridgehead atoms. The number of nitro benzene ring substituents is 1. The fourth-order valence-corrected chi connectivity index (χ4v) is 2.79. The first-order chi connectivity index (χ1) is 14.2. The Morgan fingerprint density at radius 1 is 1.10 bits per heavy atom. The van der Waals surface area contributed by atoms with Gasteiger partial charge in [0.05, 0.1) is 15.6 Å². The Morgan fingerprint density at radius 2 is 1.80 bits per heavy atom. The Balaban J connectivity index is 1.65. The van der Waals surface area contributed by atoms with Crippen LogP contribution in [0.4, 0.5) is 11.4 Å². The van der Waals surface area contributed by atoms with E-state index < -0.39 is 22.9 Å². The number of nitrogens with one attached hydrogen (secondary N) is 1. The van der Waals surface area contributed by atoms with Gasteiger partial charge in [0.2, 0.25) is 5.76 Å². The number of carbonyl (C=O) groups is 2. The number of nitrogens with zero attached hydrogens (tertiary/aromatic N) is 1. The number of amides is 1. The van der Waals surface area contributed by atoms with Gasteiger partial charge in [-0.15, -0.1) is 0 Å². The molecule has 0 aliphatic carbocycles. The van der Waals surface area contributed by atoms with Crippen molar-refractivity contribution in [1.82, 2.24) is 0 Å². The molecule has 1 unspecified atom stereocenters. The minimum Gasteiger partial charge on any atom is -0.449 e. The summed E-state index contributed by atoms with van der Waals surface area (Å²) < 4.78 is 10.6. The van der Waals surface area contributed by atoms with Crippen molar-refractivity contribution in [2.75, 3.05) is 5.32 Å². The summed E-state index contributed by atoms with van der Waals surface area (Å²) in [5.74, 6) is -1.25. The second-order valence-corrected chi connectivity index (χ2v) is 6.97. The van der Waals surface area contributed by atoms with Gasteiger partial charge in [-0.1, -0.05) is 23.2 Å². The van der Waals surface area contributed by atoms with E-state index in [0.717, 1.165) is 0 Å². The van der Waals surface area contributed by atoms with Gasteiger partial charge in [-0.05, 0) is 49.4 Å². The fourth-order valence-electron chi connectivity index (χ4n) is 2.45. The number of benzene rings is 2. The topological polar surface area (TPSA) is 112 Å². The van der Waals surface area contributed by atoms with Gasteiger partial charge in [-0.3, -0.25) is 14.9 Å². The summed E-state index contributed by atoms with van der Waals surface area (Å²) >= 11 is 11.9. The van der Waals surface area contributed by atoms with Gasteiger partial charge in [-0.25, -0.2) is 4.79 Å². The quantitative estimate of drug-likeness (QED) is 0.309. The lowest BCUT2D eigenvalue weighted by Crippen LogP contribution is -2.30. The number of halogens is 2. The SMILES string of the molecule is CC(OC(=O)c1ccc(-c2ccc([N+](=O)[O-])cc2)o1)C(=O)Nc1cc(Cl)ccc1Cl. The molecule has 3 aromatic rings. The highest BCUT2D eigenvalue weighted by molar-refractivity contribution is 6.35. The summed E-state index contributed by atoms with van der Waals surface area (Å²) in [5.41, 5.74) is 0.765. The van der Waals surface area contributed by atoms with E-state index in [1.165, 1.54) is 55.5 Å². The Morgan fingerprint density at radius 3 is 2.47 bits per heavy atom. The maximum absolute atomic E-state index is 12.3. The van der Waals surface area contributed by atoms with Crippen molar-refractivity contribution in [2.45, 2.75) is 13.0 Å². The Kier molecular flexibility index (Phi) is 6.39. The normalized spacial score (nSPS) is 11.6. The van der Waals surface area contributed by atoms with Crippen LogP contribution in [-0.4, -0.2) is 22.9 Å². The molecule has 8 nitrogen and oxygen atoms in total. The molecular weight excluding hydrogens is 435 g/mol. The van der Waals surface area contributed by atoms with Crippen LogP contribution in [0, 0.1) is 10.1 Å². The van der Waals surface area contributed by atoms with Crippen molar-refractivity contribution in [2.24, 2.45) is 0 Å². The largest absolute Gasteiger partial charge is 0.449 e. The van der Waals surface area contributed by atoms with Crippen LogP contribution in [0.15, 0.2) is 59.0 Å². The highest BCUT2D eigenvalue weighted by Crippen LogP contribution is 2.27. The van der Waals surface area contributed by atoms with Crippen LogP contribution < -0.4 is 5.32 Å². The van der Waals surface area contributed by atoms with Crippen LogP contribution in [0.2, 0.25) is 10.0 Å². The van der Waals surface area contributed by atoms with Gasteiger partial charge in [0, 0.05) is 22.7 Å². The van der Waals surface area contributed by atoms with E-state index >= 15 is 0 Å². The smallest absolute Gasteiger partial charge is 0.375 e. The summed E-state index contributed by atoms with van der Waals surface area (Å²) in [7, 11) is 0. The molecule has 30 heavy (non-hydrogen) atoms. The highest BCUT2D eigenvalue weighted by Gasteiger charge is 2.22. The zero-order valence-electron chi connectivity index (χ0n) is 15.4. The van der Waals surface area contributed by atoms with Gasteiger partial charge in [0.15, 0.2) is 6.10 Å². The van der Waals surface area contributed by atoms with Crippen LogP contribution in [-0.2, 0) is 9.53 Å². The van der Waals surface area contributed by atoms with E-state index in [-0.39, 0.29) is 22.2 Å². The molecule has 0 aliphatic rings. The predicted molar refractivity (Wildman–Crippen MR) is 111 cm³/mol. The van der Waals surface area contributed by atoms with Crippen LogP contribution in [0.25, 0.3) is 11.3 Å². The first-order valence-corrected chi connectivity index (χ1v) is 9.32. The molecular formula is C20H14Cl2N2O6. The van der Waals surface area contributed by atoms with Crippen molar-refractivity contribution in [1.29, 1.82) is 0 Å². The number of furan rings is 1. The molecule has 2 aromatic carbocycles. The van der Waals surface area contributed by atoms with E-state index in [1.54, 1.807) is 6.07 Å². The summed E-state index contributed by atoms with van der Waals surface area (Å²) in [5, 5.41) is 13.9. The van der Waals surface area contributed by atoms with Crippen LogP contribution in [0.3, 0.4) is 0 Å². The van der Waals surface area contributed by atoms with Gasteiger partial charge >= 0.3 is 5.97 Å². The van der Waals surface area contributed by atoms with Crippen molar-refractivity contribution in [3.63, 3.8) is 0 Å². The number of nitro groups is 1. The molecule has 0 spiro atoms. The Bertz CT molecular complexity index is 1110. The first kappa shape index (κ1) is 21.4. The maximum atomic E-state index is 12.3. The fraction of sp³-hybridized carbons (Fsp3) is 0.100. The van der Waals surface area contributed by atoms with Gasteiger partial charge < -0.3 is 14.5 Å². The lowest BCUT2D eigenvalue weighted by atomic mass is 10.1. The first-order valence-electron chi connectivity index (χ1n) is 8.56. The molecule has 0 saturated carbocycles. The molecule has 0 fully saturated rings. The lowest BCUT2D eigenvalue weighted by molar-refractivity contribution is -0.384. The van der Waals surface area contributed by atoms with E-state index in [2.05, 4.69) is 5.32 Å². The second kappa shape index (κ2) is 8.98. The second-order valence-electron chi connectivity index (χ2n) is 6.13. The zero-order chi connectivity index (χ0) is 21.8.